The lowest BCUT2D eigenvalue weighted by Crippen LogP contribution is -2.23. The van der Waals surface area contributed by atoms with Crippen molar-refractivity contribution in [1.82, 2.24) is 9.88 Å². The molecule has 1 fully saturated rings. The lowest BCUT2D eigenvalue weighted by atomic mass is 10.1. The van der Waals surface area contributed by atoms with Gasteiger partial charge in [0.25, 0.3) is 5.91 Å². The maximum absolute atomic E-state index is 12.1. The minimum Gasteiger partial charge on any atom is -0.338 e. The number of aromatic amines is 1. The Morgan fingerprint density at radius 3 is 2.83 bits per heavy atom. The minimum absolute atomic E-state index is 0.169. The fraction of sp³-hybridized carbons (Fsp3) is 0.235. The standard InChI is InChI=1S/C17H17N3O3/c21-15-10-13(6-7-18-15)17(23)19-14-4-1-3-12(9-14)11-20-8-2-5-16(20)22/h1,3-4,6-7,9-10H,2,5,8,11H2,(H,18,21)(H,19,23). The van der Waals surface area contributed by atoms with Crippen LogP contribution in [0.5, 0.6) is 0 Å². The van der Waals surface area contributed by atoms with Gasteiger partial charge in [0.2, 0.25) is 11.5 Å². The molecule has 23 heavy (non-hydrogen) atoms. The van der Waals surface area contributed by atoms with Gasteiger partial charge in [0, 0.05) is 43.0 Å². The van der Waals surface area contributed by atoms with Crippen molar-refractivity contribution in [2.75, 3.05) is 11.9 Å². The second-order valence-electron chi connectivity index (χ2n) is 5.51. The highest BCUT2D eigenvalue weighted by Crippen LogP contribution is 2.17. The second-order valence-corrected chi connectivity index (χ2v) is 5.51. The van der Waals surface area contributed by atoms with Crippen molar-refractivity contribution in [3.63, 3.8) is 0 Å². The molecule has 1 aromatic heterocycles. The zero-order valence-electron chi connectivity index (χ0n) is 12.5. The highest BCUT2D eigenvalue weighted by molar-refractivity contribution is 6.04. The molecule has 2 aromatic rings. The molecule has 0 spiro atoms. The first-order valence-electron chi connectivity index (χ1n) is 7.48. The summed E-state index contributed by atoms with van der Waals surface area (Å²) in [4.78, 5) is 39.4. The van der Waals surface area contributed by atoms with Gasteiger partial charge in [0.1, 0.15) is 0 Å². The number of H-pyrrole nitrogens is 1. The average Bonchev–Trinajstić information content (AvgIpc) is 2.93. The molecule has 118 valence electrons. The van der Waals surface area contributed by atoms with Crippen LogP contribution in [0.3, 0.4) is 0 Å². The lowest BCUT2D eigenvalue weighted by molar-refractivity contribution is -0.128. The van der Waals surface area contributed by atoms with E-state index in [0.717, 1.165) is 18.5 Å². The number of nitrogens with zero attached hydrogens (tertiary/aromatic N) is 1. The smallest absolute Gasteiger partial charge is 0.255 e. The van der Waals surface area contributed by atoms with E-state index in [-0.39, 0.29) is 17.4 Å². The predicted molar refractivity (Wildman–Crippen MR) is 86.1 cm³/mol. The van der Waals surface area contributed by atoms with Gasteiger partial charge in [0.15, 0.2) is 0 Å². The number of hydrogen-bond donors (Lipinski definition) is 2. The summed E-state index contributed by atoms with van der Waals surface area (Å²) >= 11 is 0. The van der Waals surface area contributed by atoms with E-state index in [9.17, 15) is 14.4 Å². The number of carbonyl (C=O) groups excluding carboxylic acids is 2. The Labute approximate surface area is 133 Å². The number of carbonyl (C=O) groups is 2. The van der Waals surface area contributed by atoms with Crippen molar-refractivity contribution < 1.29 is 9.59 Å². The predicted octanol–water partition coefficient (Wildman–Crippen LogP) is 1.75. The Morgan fingerprint density at radius 1 is 1.22 bits per heavy atom. The SMILES string of the molecule is O=C(Nc1cccc(CN2CCCC2=O)c1)c1cc[nH]c(=O)c1. The summed E-state index contributed by atoms with van der Waals surface area (Å²) < 4.78 is 0. The summed E-state index contributed by atoms with van der Waals surface area (Å²) in [6.07, 6.45) is 2.95. The molecule has 1 saturated heterocycles. The van der Waals surface area contributed by atoms with Gasteiger partial charge in [0.05, 0.1) is 0 Å². The molecule has 1 aliphatic heterocycles. The van der Waals surface area contributed by atoms with Crippen molar-refractivity contribution in [1.29, 1.82) is 0 Å². The summed E-state index contributed by atoms with van der Waals surface area (Å²) in [5.74, 6) is -0.173. The van der Waals surface area contributed by atoms with E-state index < -0.39 is 0 Å². The van der Waals surface area contributed by atoms with Gasteiger partial charge in [-0.2, -0.15) is 0 Å². The van der Waals surface area contributed by atoms with E-state index in [0.29, 0.717) is 24.2 Å². The largest absolute Gasteiger partial charge is 0.338 e. The Balaban J connectivity index is 1.71. The van der Waals surface area contributed by atoms with Gasteiger partial charge in [-0.05, 0) is 30.2 Å². The number of benzene rings is 1. The summed E-state index contributed by atoms with van der Waals surface area (Å²) in [6, 6.07) is 10.2. The third-order valence-electron chi connectivity index (χ3n) is 3.77. The molecule has 6 nitrogen and oxygen atoms in total. The van der Waals surface area contributed by atoms with Gasteiger partial charge in [-0.25, -0.2) is 0 Å². The Kier molecular flexibility index (Phi) is 4.23. The van der Waals surface area contributed by atoms with Crippen LogP contribution in [0.2, 0.25) is 0 Å². The van der Waals surface area contributed by atoms with Crippen LogP contribution in [0.15, 0.2) is 47.4 Å². The van der Waals surface area contributed by atoms with E-state index in [2.05, 4.69) is 10.3 Å². The maximum atomic E-state index is 12.1. The van der Waals surface area contributed by atoms with Gasteiger partial charge >= 0.3 is 0 Å². The van der Waals surface area contributed by atoms with Crippen molar-refractivity contribution in [2.24, 2.45) is 0 Å². The quantitative estimate of drug-likeness (QED) is 0.902. The van der Waals surface area contributed by atoms with Crippen LogP contribution in [-0.2, 0) is 11.3 Å². The topological polar surface area (TPSA) is 82.3 Å². The molecular formula is C17H17N3O3. The number of amides is 2. The van der Waals surface area contributed by atoms with Gasteiger partial charge in [-0.1, -0.05) is 12.1 Å². The van der Waals surface area contributed by atoms with Crippen molar-refractivity contribution in [2.45, 2.75) is 19.4 Å². The lowest BCUT2D eigenvalue weighted by Gasteiger charge is -2.16. The molecule has 3 rings (SSSR count). The van der Waals surface area contributed by atoms with E-state index >= 15 is 0 Å². The molecule has 0 aliphatic carbocycles. The molecule has 2 N–H and O–H groups in total. The van der Waals surface area contributed by atoms with E-state index in [1.807, 2.05) is 23.1 Å². The summed E-state index contributed by atoms with van der Waals surface area (Å²) in [5, 5.41) is 2.77. The highest BCUT2D eigenvalue weighted by Gasteiger charge is 2.20. The van der Waals surface area contributed by atoms with Crippen molar-refractivity contribution in [3.8, 4) is 0 Å². The number of hydrogen-bond acceptors (Lipinski definition) is 3. The fourth-order valence-corrected chi connectivity index (χ4v) is 2.63. The van der Waals surface area contributed by atoms with Gasteiger partial charge < -0.3 is 15.2 Å². The minimum atomic E-state index is -0.342. The molecule has 2 heterocycles. The van der Waals surface area contributed by atoms with Crippen LogP contribution >= 0.6 is 0 Å². The summed E-state index contributed by atoms with van der Waals surface area (Å²) in [7, 11) is 0. The Hall–Kier alpha value is -2.89. The maximum Gasteiger partial charge on any atom is 0.255 e. The normalized spacial score (nSPS) is 14.1. The van der Waals surface area contributed by atoms with Crippen molar-refractivity contribution >= 4 is 17.5 Å². The summed E-state index contributed by atoms with van der Waals surface area (Å²) in [5.41, 5.74) is 1.58. The van der Waals surface area contributed by atoms with Crippen LogP contribution in [-0.4, -0.2) is 28.2 Å². The Bertz CT molecular complexity index is 797. The Morgan fingerprint density at radius 2 is 2.09 bits per heavy atom. The molecule has 0 atom stereocenters. The number of nitrogens with one attached hydrogen (secondary N) is 2. The number of likely N-dealkylation sites (tertiary alicyclic amines) is 1. The van der Waals surface area contributed by atoms with E-state index in [1.165, 1.54) is 12.3 Å². The molecular weight excluding hydrogens is 294 g/mol. The third-order valence-corrected chi connectivity index (χ3v) is 3.77. The summed E-state index contributed by atoms with van der Waals surface area (Å²) in [6.45, 7) is 1.33. The van der Waals surface area contributed by atoms with Crippen LogP contribution < -0.4 is 10.9 Å². The van der Waals surface area contributed by atoms with Gasteiger partial charge in [-0.3, -0.25) is 14.4 Å². The second kappa shape index (κ2) is 6.48. The van der Waals surface area contributed by atoms with Crippen molar-refractivity contribution in [3.05, 3.63) is 64.1 Å². The first-order valence-corrected chi connectivity index (χ1v) is 7.48. The third kappa shape index (κ3) is 3.66. The van der Waals surface area contributed by atoms with Crippen LogP contribution in [0, 0.1) is 0 Å². The number of pyridine rings is 1. The fourth-order valence-electron chi connectivity index (χ4n) is 2.63. The molecule has 1 aliphatic rings. The molecule has 0 saturated carbocycles. The van der Waals surface area contributed by atoms with E-state index in [1.54, 1.807) is 12.1 Å². The molecule has 0 unspecified atom stereocenters. The first-order chi connectivity index (χ1) is 11.1. The number of anilines is 1. The molecule has 0 radical (unpaired) electrons. The zero-order valence-corrected chi connectivity index (χ0v) is 12.5. The monoisotopic (exact) mass is 311 g/mol. The molecule has 1 aromatic carbocycles. The number of aromatic nitrogens is 1. The van der Waals surface area contributed by atoms with Gasteiger partial charge in [-0.15, -0.1) is 0 Å². The number of rotatable bonds is 4. The zero-order chi connectivity index (χ0) is 16.2. The van der Waals surface area contributed by atoms with Crippen LogP contribution in [0.4, 0.5) is 5.69 Å². The molecule has 6 heteroatoms. The van der Waals surface area contributed by atoms with Crippen LogP contribution in [0.25, 0.3) is 0 Å². The van der Waals surface area contributed by atoms with E-state index in [4.69, 9.17) is 0 Å². The molecule has 0 bridgehead atoms. The highest BCUT2D eigenvalue weighted by atomic mass is 16.2. The average molecular weight is 311 g/mol. The first kappa shape index (κ1) is 15.0. The van der Waals surface area contributed by atoms with Crippen LogP contribution in [0.1, 0.15) is 28.8 Å². The molecule has 2 amide bonds.